The van der Waals surface area contributed by atoms with Gasteiger partial charge in [-0.1, -0.05) is 6.92 Å². The number of carbonyl (C=O) groups is 1. The maximum absolute atomic E-state index is 12.7. The normalized spacial score (nSPS) is 15.3. The molecule has 1 atom stereocenters. The molecular formula is C22H29N3O5S. The summed E-state index contributed by atoms with van der Waals surface area (Å²) in [5.41, 5.74) is 2.32. The second-order valence-electron chi connectivity index (χ2n) is 7.37. The van der Waals surface area contributed by atoms with Gasteiger partial charge in [-0.05, 0) is 55.0 Å². The summed E-state index contributed by atoms with van der Waals surface area (Å²) in [6.07, 6.45) is 0.961. The van der Waals surface area contributed by atoms with Crippen LogP contribution >= 0.6 is 0 Å². The maximum atomic E-state index is 12.7. The number of hydrogen-bond acceptors (Lipinski definition) is 6. The van der Waals surface area contributed by atoms with Crippen LogP contribution < -0.4 is 19.3 Å². The third-order valence-corrected chi connectivity index (χ3v) is 6.36. The molecule has 1 saturated heterocycles. The fourth-order valence-corrected chi connectivity index (χ4v) is 3.72. The molecule has 1 heterocycles. The van der Waals surface area contributed by atoms with Gasteiger partial charge in [0.25, 0.3) is 5.91 Å². The molecule has 1 fully saturated rings. The lowest BCUT2D eigenvalue weighted by Gasteiger charge is -2.29. The molecule has 9 heteroatoms. The fourth-order valence-electron chi connectivity index (χ4n) is 3.21. The summed E-state index contributed by atoms with van der Waals surface area (Å²) in [5.74, 6) is 0.259. The van der Waals surface area contributed by atoms with Crippen LogP contribution in [-0.2, 0) is 19.6 Å². The first-order chi connectivity index (χ1) is 14.8. The van der Waals surface area contributed by atoms with E-state index in [9.17, 15) is 13.2 Å². The Morgan fingerprint density at radius 1 is 1.13 bits per heavy atom. The highest BCUT2D eigenvalue weighted by atomic mass is 32.2. The van der Waals surface area contributed by atoms with Crippen LogP contribution in [0.5, 0.6) is 5.75 Å². The number of benzene rings is 2. The maximum Gasteiger partial charge on any atom is 0.265 e. The smallest absolute Gasteiger partial charge is 0.265 e. The van der Waals surface area contributed by atoms with Crippen LogP contribution in [0.2, 0.25) is 0 Å². The zero-order valence-electron chi connectivity index (χ0n) is 18.1. The molecule has 1 aliphatic heterocycles. The summed E-state index contributed by atoms with van der Waals surface area (Å²) < 4.78 is 35.7. The number of sulfonamides is 1. The predicted octanol–water partition coefficient (Wildman–Crippen LogP) is 2.72. The number of carbonyl (C=O) groups excluding carboxylic acids is 1. The first-order valence-corrected chi connectivity index (χ1v) is 12.1. The van der Waals surface area contributed by atoms with Crippen molar-refractivity contribution in [3.05, 3.63) is 48.5 Å². The molecular weight excluding hydrogens is 418 g/mol. The summed E-state index contributed by atoms with van der Waals surface area (Å²) in [4.78, 5) is 14.9. The first-order valence-electron chi connectivity index (χ1n) is 10.2. The van der Waals surface area contributed by atoms with E-state index in [1.54, 1.807) is 24.3 Å². The number of hydrogen-bond donors (Lipinski definition) is 1. The van der Waals surface area contributed by atoms with Gasteiger partial charge >= 0.3 is 0 Å². The summed E-state index contributed by atoms with van der Waals surface area (Å²) in [5, 5.41) is 2.90. The number of anilines is 3. The molecule has 0 spiro atoms. The van der Waals surface area contributed by atoms with Crippen molar-refractivity contribution >= 4 is 33.0 Å². The van der Waals surface area contributed by atoms with E-state index in [0.717, 1.165) is 38.2 Å². The molecule has 1 amide bonds. The number of nitrogens with zero attached hydrogens (tertiary/aromatic N) is 2. The van der Waals surface area contributed by atoms with Crippen molar-refractivity contribution in [2.45, 2.75) is 19.4 Å². The molecule has 0 aliphatic carbocycles. The van der Waals surface area contributed by atoms with Gasteiger partial charge in [0.2, 0.25) is 10.0 Å². The van der Waals surface area contributed by atoms with Gasteiger partial charge in [-0.3, -0.25) is 9.10 Å². The summed E-state index contributed by atoms with van der Waals surface area (Å²) in [6, 6.07) is 14.3. The van der Waals surface area contributed by atoms with Crippen molar-refractivity contribution in [3.63, 3.8) is 0 Å². The Balaban J connectivity index is 1.60. The van der Waals surface area contributed by atoms with Crippen LogP contribution in [0.1, 0.15) is 13.3 Å². The van der Waals surface area contributed by atoms with E-state index >= 15 is 0 Å². The van der Waals surface area contributed by atoms with E-state index in [4.69, 9.17) is 9.47 Å². The van der Waals surface area contributed by atoms with Crippen molar-refractivity contribution in [2.75, 3.05) is 54.1 Å². The van der Waals surface area contributed by atoms with Crippen molar-refractivity contribution in [3.8, 4) is 5.75 Å². The highest BCUT2D eigenvalue weighted by molar-refractivity contribution is 7.92. The Morgan fingerprint density at radius 3 is 2.29 bits per heavy atom. The molecule has 0 bridgehead atoms. The summed E-state index contributed by atoms with van der Waals surface area (Å²) >= 11 is 0. The molecule has 1 N–H and O–H groups in total. The van der Waals surface area contributed by atoms with Crippen molar-refractivity contribution in [1.29, 1.82) is 0 Å². The molecule has 8 nitrogen and oxygen atoms in total. The van der Waals surface area contributed by atoms with E-state index in [1.807, 2.05) is 31.2 Å². The third kappa shape index (κ3) is 6.11. The highest BCUT2D eigenvalue weighted by Crippen LogP contribution is 2.23. The summed E-state index contributed by atoms with van der Waals surface area (Å²) in [7, 11) is -1.85. The van der Waals surface area contributed by atoms with Crippen LogP contribution in [0.3, 0.4) is 0 Å². The number of ether oxygens (including phenoxy) is 2. The molecule has 31 heavy (non-hydrogen) atoms. The average molecular weight is 448 g/mol. The second-order valence-corrected chi connectivity index (χ2v) is 9.39. The molecule has 2 aromatic carbocycles. The lowest BCUT2D eigenvalue weighted by Crippen LogP contribution is -2.36. The highest BCUT2D eigenvalue weighted by Gasteiger charge is 2.19. The number of rotatable bonds is 8. The van der Waals surface area contributed by atoms with Gasteiger partial charge in [-0.25, -0.2) is 8.42 Å². The third-order valence-electron chi connectivity index (χ3n) is 5.15. The quantitative estimate of drug-likeness (QED) is 0.670. The Labute approximate surface area is 183 Å². The molecule has 0 aromatic heterocycles. The Bertz CT molecular complexity index is 971. The lowest BCUT2D eigenvalue weighted by molar-refractivity contribution is -0.122. The standard InChI is InChI=1S/C22H29N3O5S/c1-4-21(30-20-11-9-18(10-12-20)24(2)31(3,27)28)22(26)23-17-5-7-19(8-6-17)25-13-15-29-16-14-25/h5-12,21H,4,13-16H2,1-3H3,(H,23,26)/t21-/m1/s1. The number of morpholine rings is 1. The summed E-state index contributed by atoms with van der Waals surface area (Å²) in [6.45, 7) is 5.03. The molecule has 0 saturated carbocycles. The van der Waals surface area contributed by atoms with Crippen molar-refractivity contribution in [2.24, 2.45) is 0 Å². The van der Waals surface area contributed by atoms with Crippen LogP contribution in [0, 0.1) is 0 Å². The van der Waals surface area contributed by atoms with Crippen LogP contribution in [0.4, 0.5) is 17.1 Å². The lowest BCUT2D eigenvalue weighted by atomic mass is 10.2. The Morgan fingerprint density at radius 2 is 1.74 bits per heavy atom. The molecule has 0 radical (unpaired) electrons. The molecule has 0 unspecified atom stereocenters. The van der Waals surface area contributed by atoms with Crippen LogP contribution in [-0.4, -0.2) is 60.0 Å². The zero-order chi connectivity index (χ0) is 22.4. The monoisotopic (exact) mass is 447 g/mol. The van der Waals surface area contributed by atoms with Gasteiger partial charge in [-0.15, -0.1) is 0 Å². The minimum atomic E-state index is -3.34. The van der Waals surface area contributed by atoms with E-state index in [1.165, 1.54) is 11.4 Å². The first kappa shape index (κ1) is 22.9. The van der Waals surface area contributed by atoms with Gasteiger partial charge in [0.05, 0.1) is 25.2 Å². The van der Waals surface area contributed by atoms with E-state index < -0.39 is 16.1 Å². The number of amides is 1. The van der Waals surface area contributed by atoms with Crippen LogP contribution in [0.15, 0.2) is 48.5 Å². The van der Waals surface area contributed by atoms with Crippen LogP contribution in [0.25, 0.3) is 0 Å². The largest absolute Gasteiger partial charge is 0.481 e. The second kappa shape index (κ2) is 10.0. The fraction of sp³-hybridized carbons (Fsp3) is 0.409. The van der Waals surface area contributed by atoms with E-state index in [0.29, 0.717) is 23.5 Å². The zero-order valence-corrected chi connectivity index (χ0v) is 18.9. The predicted molar refractivity (Wildman–Crippen MR) is 122 cm³/mol. The SMILES string of the molecule is CC[C@@H](Oc1ccc(N(C)S(C)(=O)=O)cc1)C(=O)Nc1ccc(N2CCOCC2)cc1. The topological polar surface area (TPSA) is 88.2 Å². The molecule has 1 aliphatic rings. The van der Waals surface area contributed by atoms with Crippen molar-refractivity contribution in [1.82, 2.24) is 0 Å². The molecule has 168 valence electrons. The Kier molecular flexibility index (Phi) is 7.40. The average Bonchev–Trinajstić information content (AvgIpc) is 2.78. The van der Waals surface area contributed by atoms with Gasteiger partial charge in [0.15, 0.2) is 6.10 Å². The van der Waals surface area contributed by atoms with Gasteiger partial charge in [0.1, 0.15) is 5.75 Å². The molecule has 2 aromatic rings. The van der Waals surface area contributed by atoms with E-state index in [2.05, 4.69) is 10.2 Å². The van der Waals surface area contributed by atoms with Gasteiger partial charge in [-0.2, -0.15) is 0 Å². The molecule has 3 rings (SSSR count). The van der Waals surface area contributed by atoms with Gasteiger partial charge in [0, 0.05) is 31.5 Å². The minimum Gasteiger partial charge on any atom is -0.481 e. The Hall–Kier alpha value is -2.78. The van der Waals surface area contributed by atoms with Crippen molar-refractivity contribution < 1.29 is 22.7 Å². The number of nitrogens with one attached hydrogen (secondary N) is 1. The van der Waals surface area contributed by atoms with Gasteiger partial charge < -0.3 is 19.7 Å². The van der Waals surface area contributed by atoms with E-state index in [-0.39, 0.29) is 5.91 Å². The minimum absolute atomic E-state index is 0.237.